The van der Waals surface area contributed by atoms with Gasteiger partial charge in [-0.15, -0.1) is 4.83 Å². The number of sulfonamides is 1. The van der Waals surface area contributed by atoms with Crippen LogP contribution in [0.3, 0.4) is 0 Å². The number of benzene rings is 1. The van der Waals surface area contributed by atoms with E-state index in [1.807, 2.05) is 19.9 Å². The highest BCUT2D eigenvalue weighted by molar-refractivity contribution is 9.10. The molecule has 19 heavy (non-hydrogen) atoms. The first-order valence-electron chi connectivity index (χ1n) is 5.97. The monoisotopic (exact) mass is 349 g/mol. The molecule has 108 valence electrons. The van der Waals surface area contributed by atoms with Crippen LogP contribution in [0.1, 0.15) is 18.1 Å². The first-order chi connectivity index (χ1) is 8.77. The number of halogens is 1. The van der Waals surface area contributed by atoms with E-state index in [1.54, 1.807) is 20.2 Å². The summed E-state index contributed by atoms with van der Waals surface area (Å²) in [6.45, 7) is 5.38. The fourth-order valence-corrected chi connectivity index (χ4v) is 3.82. The normalized spacial score (nSPS) is 12.1. The summed E-state index contributed by atoms with van der Waals surface area (Å²) < 4.78 is 25.1. The Kier molecular flexibility index (Phi) is 5.94. The van der Waals surface area contributed by atoms with Gasteiger partial charge in [-0.1, -0.05) is 13.0 Å². The second kappa shape index (κ2) is 6.81. The van der Waals surface area contributed by atoms with Gasteiger partial charge in [-0.05, 0) is 46.6 Å². The fraction of sp³-hybridized carbons (Fsp3) is 0.500. The lowest BCUT2D eigenvalue weighted by Gasteiger charge is -2.16. The molecule has 1 rings (SSSR count). The smallest absolute Gasteiger partial charge is 0.254 e. The minimum Gasteiger partial charge on any atom is -0.313 e. The third kappa shape index (κ3) is 4.54. The average Bonchev–Trinajstić information content (AvgIpc) is 2.28. The zero-order valence-corrected chi connectivity index (χ0v) is 14.0. The van der Waals surface area contributed by atoms with Gasteiger partial charge in [0, 0.05) is 25.1 Å². The Hall–Kier alpha value is -0.470. The summed E-state index contributed by atoms with van der Waals surface area (Å²) in [4.78, 5) is 2.70. The Morgan fingerprint density at radius 3 is 2.47 bits per heavy atom. The van der Waals surface area contributed by atoms with Crippen LogP contribution in [-0.2, 0) is 16.6 Å². The van der Waals surface area contributed by atoms with E-state index in [4.69, 9.17) is 0 Å². The van der Waals surface area contributed by atoms with Crippen molar-refractivity contribution in [2.75, 3.05) is 20.6 Å². The standard InChI is InChI=1S/C12H20BrN3O2S/c1-5-14-8-10-6-9(2)12(13)11(7-10)19(17,18)15-16(3)4/h6-7,14-15H,5,8H2,1-4H3. The number of hydrazine groups is 1. The van der Waals surface area contributed by atoms with Crippen molar-refractivity contribution < 1.29 is 8.42 Å². The Bertz CT molecular complexity index is 544. The van der Waals surface area contributed by atoms with Crippen LogP contribution in [0, 0.1) is 6.92 Å². The summed E-state index contributed by atoms with van der Waals surface area (Å²) >= 11 is 3.35. The number of nitrogens with one attached hydrogen (secondary N) is 2. The van der Waals surface area contributed by atoms with Crippen molar-refractivity contribution in [2.45, 2.75) is 25.3 Å². The van der Waals surface area contributed by atoms with Crippen LogP contribution >= 0.6 is 15.9 Å². The lowest BCUT2D eigenvalue weighted by atomic mass is 10.1. The SMILES string of the molecule is CCNCc1cc(C)c(Br)c(S(=O)(=O)NN(C)C)c1. The van der Waals surface area contributed by atoms with E-state index < -0.39 is 10.0 Å². The highest BCUT2D eigenvalue weighted by Crippen LogP contribution is 2.27. The highest BCUT2D eigenvalue weighted by Gasteiger charge is 2.20. The van der Waals surface area contributed by atoms with Crippen molar-refractivity contribution in [1.29, 1.82) is 0 Å². The molecule has 0 aliphatic carbocycles. The van der Waals surface area contributed by atoms with Gasteiger partial charge in [-0.3, -0.25) is 0 Å². The summed E-state index contributed by atoms with van der Waals surface area (Å²) in [5.41, 5.74) is 1.84. The van der Waals surface area contributed by atoms with Crippen molar-refractivity contribution in [3.63, 3.8) is 0 Å². The predicted octanol–water partition coefficient (Wildman–Crippen LogP) is 1.62. The molecule has 0 fully saturated rings. The van der Waals surface area contributed by atoms with Crippen LogP contribution in [0.2, 0.25) is 0 Å². The molecular formula is C12H20BrN3O2S. The molecule has 0 radical (unpaired) electrons. The van der Waals surface area contributed by atoms with E-state index in [9.17, 15) is 8.42 Å². The van der Waals surface area contributed by atoms with Gasteiger partial charge in [-0.2, -0.15) is 0 Å². The molecule has 0 aliphatic rings. The third-order valence-corrected chi connectivity index (χ3v) is 5.27. The third-order valence-electron chi connectivity index (χ3n) is 2.45. The number of aryl methyl sites for hydroxylation is 1. The van der Waals surface area contributed by atoms with E-state index in [0.29, 0.717) is 11.0 Å². The summed E-state index contributed by atoms with van der Waals surface area (Å²) in [7, 11) is -0.280. The maximum atomic E-state index is 12.2. The number of hydrogen-bond acceptors (Lipinski definition) is 4. The van der Waals surface area contributed by atoms with Gasteiger partial charge in [0.25, 0.3) is 10.0 Å². The van der Waals surface area contributed by atoms with E-state index >= 15 is 0 Å². The first-order valence-corrected chi connectivity index (χ1v) is 8.25. The van der Waals surface area contributed by atoms with Crippen LogP contribution < -0.4 is 10.1 Å². The van der Waals surface area contributed by atoms with Crippen molar-refractivity contribution in [1.82, 2.24) is 15.2 Å². The van der Waals surface area contributed by atoms with Gasteiger partial charge < -0.3 is 5.32 Å². The molecule has 0 bridgehead atoms. The molecule has 7 heteroatoms. The van der Waals surface area contributed by atoms with E-state index in [-0.39, 0.29) is 4.90 Å². The molecular weight excluding hydrogens is 330 g/mol. The molecule has 0 amide bonds. The molecule has 0 saturated carbocycles. The minimum atomic E-state index is -3.56. The second-order valence-corrected chi connectivity index (χ2v) is 6.92. The molecule has 0 unspecified atom stereocenters. The molecule has 0 spiro atoms. The quantitative estimate of drug-likeness (QED) is 0.766. The summed E-state index contributed by atoms with van der Waals surface area (Å²) in [6.07, 6.45) is 0. The van der Waals surface area contributed by atoms with Gasteiger partial charge in [0.2, 0.25) is 0 Å². The largest absolute Gasteiger partial charge is 0.313 e. The fourth-order valence-electron chi connectivity index (χ4n) is 1.67. The zero-order chi connectivity index (χ0) is 14.6. The van der Waals surface area contributed by atoms with Crippen LogP contribution in [0.4, 0.5) is 0 Å². The molecule has 0 saturated heterocycles. The van der Waals surface area contributed by atoms with Gasteiger partial charge >= 0.3 is 0 Å². The maximum absolute atomic E-state index is 12.2. The molecule has 0 atom stereocenters. The first kappa shape index (κ1) is 16.6. The van der Waals surface area contributed by atoms with Gasteiger partial charge in [0.1, 0.15) is 0 Å². The van der Waals surface area contributed by atoms with E-state index in [1.165, 1.54) is 5.01 Å². The highest BCUT2D eigenvalue weighted by atomic mass is 79.9. The Morgan fingerprint density at radius 1 is 1.32 bits per heavy atom. The van der Waals surface area contributed by atoms with E-state index in [2.05, 4.69) is 26.1 Å². The molecule has 0 aromatic heterocycles. The predicted molar refractivity (Wildman–Crippen MR) is 80.3 cm³/mol. The minimum absolute atomic E-state index is 0.258. The van der Waals surface area contributed by atoms with Gasteiger partial charge in [0.05, 0.1) is 4.90 Å². The topological polar surface area (TPSA) is 61.4 Å². The molecule has 0 heterocycles. The van der Waals surface area contributed by atoms with Crippen LogP contribution in [0.25, 0.3) is 0 Å². The maximum Gasteiger partial charge on any atom is 0.254 e. The summed E-state index contributed by atoms with van der Waals surface area (Å²) in [5, 5.41) is 4.60. The Balaban J connectivity index is 3.22. The van der Waals surface area contributed by atoms with Crippen molar-refractivity contribution in [3.8, 4) is 0 Å². The summed E-state index contributed by atoms with van der Waals surface area (Å²) in [6, 6.07) is 3.66. The van der Waals surface area contributed by atoms with Crippen LogP contribution in [-0.4, -0.2) is 34.1 Å². The molecule has 1 aromatic rings. The van der Waals surface area contributed by atoms with Crippen molar-refractivity contribution in [2.24, 2.45) is 0 Å². The Labute approximate surface area is 123 Å². The lowest BCUT2D eigenvalue weighted by molar-refractivity contribution is 0.364. The lowest BCUT2D eigenvalue weighted by Crippen LogP contribution is -2.36. The van der Waals surface area contributed by atoms with Crippen molar-refractivity contribution in [3.05, 3.63) is 27.7 Å². The van der Waals surface area contributed by atoms with Gasteiger partial charge in [-0.25, -0.2) is 13.4 Å². The number of rotatable bonds is 6. The Morgan fingerprint density at radius 2 is 1.95 bits per heavy atom. The van der Waals surface area contributed by atoms with Gasteiger partial charge in [0.15, 0.2) is 0 Å². The zero-order valence-electron chi connectivity index (χ0n) is 11.6. The van der Waals surface area contributed by atoms with Crippen LogP contribution in [0.5, 0.6) is 0 Å². The van der Waals surface area contributed by atoms with Crippen molar-refractivity contribution >= 4 is 26.0 Å². The second-order valence-electron chi connectivity index (χ2n) is 4.49. The summed E-state index contributed by atoms with van der Waals surface area (Å²) in [5.74, 6) is 0. The van der Waals surface area contributed by atoms with Crippen LogP contribution in [0.15, 0.2) is 21.5 Å². The van der Waals surface area contributed by atoms with E-state index in [0.717, 1.165) is 17.7 Å². The molecule has 0 aliphatic heterocycles. The molecule has 2 N–H and O–H groups in total. The number of hydrogen-bond donors (Lipinski definition) is 2. The average molecular weight is 350 g/mol. The number of nitrogens with zero attached hydrogens (tertiary/aromatic N) is 1. The molecule has 1 aromatic carbocycles. The molecule has 5 nitrogen and oxygen atoms in total.